The fraction of sp³-hybridized carbons (Fsp3) is 0.625. The average molecular weight is 448 g/mol. The highest BCUT2D eigenvalue weighted by Crippen LogP contribution is 2.36. The molecule has 0 saturated carbocycles. The zero-order chi connectivity index (χ0) is 24.1. The van der Waals surface area contributed by atoms with Crippen molar-refractivity contribution in [2.24, 2.45) is 23.7 Å². The molecule has 0 aliphatic carbocycles. The van der Waals surface area contributed by atoms with E-state index < -0.39 is 0 Å². The molecule has 1 nitrogen and oxygen atoms in total. The average Bonchev–Trinajstić information content (AvgIpc) is 2.90. The van der Waals surface area contributed by atoms with Gasteiger partial charge in [0.15, 0.2) is 0 Å². The van der Waals surface area contributed by atoms with Crippen molar-refractivity contribution < 1.29 is 0 Å². The first kappa shape index (κ1) is 25.9. The molecule has 0 saturated heterocycles. The molecule has 2 aromatic rings. The van der Waals surface area contributed by atoms with Gasteiger partial charge >= 0.3 is 0 Å². The van der Waals surface area contributed by atoms with Crippen LogP contribution in [0.5, 0.6) is 0 Å². The van der Waals surface area contributed by atoms with Gasteiger partial charge in [-0.1, -0.05) is 79.7 Å². The number of hydrogen-bond donors (Lipinski definition) is 1. The molecule has 1 heteroatoms. The fourth-order valence-electron chi connectivity index (χ4n) is 6.19. The minimum absolute atomic E-state index is 0.620. The van der Waals surface area contributed by atoms with Gasteiger partial charge in [-0.3, -0.25) is 0 Å². The van der Waals surface area contributed by atoms with Gasteiger partial charge in [0.05, 0.1) is 0 Å². The third-order valence-corrected chi connectivity index (χ3v) is 7.59. The van der Waals surface area contributed by atoms with Gasteiger partial charge < -0.3 is 5.32 Å². The Hall–Kier alpha value is -1.76. The van der Waals surface area contributed by atoms with Crippen LogP contribution in [0.15, 0.2) is 36.4 Å². The summed E-state index contributed by atoms with van der Waals surface area (Å²) in [6.07, 6.45) is 7.45. The highest BCUT2D eigenvalue weighted by atomic mass is 14.9. The van der Waals surface area contributed by atoms with Crippen molar-refractivity contribution in [3.63, 3.8) is 0 Å². The molecule has 0 amide bonds. The summed E-state index contributed by atoms with van der Waals surface area (Å²) in [6, 6.07) is 14.3. The molecule has 1 heterocycles. The monoisotopic (exact) mass is 447 g/mol. The van der Waals surface area contributed by atoms with Crippen molar-refractivity contribution in [1.29, 1.82) is 0 Å². The van der Waals surface area contributed by atoms with Crippen molar-refractivity contribution in [1.82, 2.24) is 0 Å². The normalized spacial score (nSPS) is 17.0. The molecule has 1 aliphatic heterocycles. The molecular weight excluding hydrogens is 398 g/mol. The maximum atomic E-state index is 3.77. The Labute approximate surface area is 204 Å². The highest BCUT2D eigenvalue weighted by Gasteiger charge is 2.19. The van der Waals surface area contributed by atoms with Crippen LogP contribution in [-0.2, 0) is 12.8 Å². The Morgan fingerprint density at radius 3 is 1.33 bits per heavy atom. The Kier molecular flexibility index (Phi) is 9.08. The molecule has 0 aromatic heterocycles. The van der Waals surface area contributed by atoms with Crippen molar-refractivity contribution in [3.05, 3.63) is 58.7 Å². The lowest BCUT2D eigenvalue weighted by Gasteiger charge is -2.21. The molecule has 0 radical (unpaired) electrons. The summed E-state index contributed by atoms with van der Waals surface area (Å²) in [5.41, 5.74) is 8.56. The van der Waals surface area contributed by atoms with Crippen LogP contribution in [0.4, 0.5) is 11.4 Å². The molecule has 1 N–H and O–H groups in total. The second-order valence-corrected chi connectivity index (χ2v) is 12.2. The second-order valence-electron chi connectivity index (χ2n) is 12.2. The number of aryl methyl sites for hydroxylation is 2. The first-order chi connectivity index (χ1) is 15.6. The maximum absolute atomic E-state index is 3.77. The predicted octanol–water partition coefficient (Wildman–Crippen LogP) is 9.88. The number of anilines is 2. The Balaban J connectivity index is 1.69. The standard InChI is InChI=1S/C32H49N/c1-21(2)15-23(5)17-25(7)27-11-13-31-29(19-27)9-10-30-20-28(12-14-32(30)33-31)26(8)18-24(6)16-22(3)4/h11-14,19-26,33H,9-10,15-18H2,1-8H3. The summed E-state index contributed by atoms with van der Waals surface area (Å²) in [4.78, 5) is 0. The van der Waals surface area contributed by atoms with Crippen molar-refractivity contribution in [2.75, 3.05) is 5.32 Å². The summed E-state index contributed by atoms with van der Waals surface area (Å²) in [6.45, 7) is 19.0. The summed E-state index contributed by atoms with van der Waals surface area (Å²) < 4.78 is 0. The van der Waals surface area contributed by atoms with Gasteiger partial charge in [0, 0.05) is 11.4 Å². The van der Waals surface area contributed by atoms with Gasteiger partial charge in [-0.15, -0.1) is 0 Å². The zero-order valence-corrected chi connectivity index (χ0v) is 22.7. The lowest BCUT2D eigenvalue weighted by Crippen LogP contribution is -2.06. The van der Waals surface area contributed by atoms with E-state index in [0.29, 0.717) is 11.8 Å². The molecule has 2 aromatic carbocycles. The van der Waals surface area contributed by atoms with Crippen LogP contribution in [0, 0.1) is 23.7 Å². The first-order valence-electron chi connectivity index (χ1n) is 13.6. The third kappa shape index (κ3) is 7.36. The molecule has 4 atom stereocenters. The third-order valence-electron chi connectivity index (χ3n) is 7.59. The Bertz CT molecular complexity index is 820. The molecule has 4 unspecified atom stereocenters. The molecule has 0 spiro atoms. The summed E-state index contributed by atoms with van der Waals surface area (Å²) in [5, 5.41) is 3.77. The summed E-state index contributed by atoms with van der Waals surface area (Å²) in [5.74, 6) is 4.38. The van der Waals surface area contributed by atoms with Gasteiger partial charge in [-0.2, -0.15) is 0 Å². The largest absolute Gasteiger partial charge is 0.355 e. The molecule has 1 aliphatic rings. The molecule has 0 fully saturated rings. The Morgan fingerprint density at radius 1 is 0.576 bits per heavy atom. The number of nitrogens with one attached hydrogen (secondary N) is 1. The van der Waals surface area contributed by atoms with Crippen LogP contribution in [0.1, 0.15) is 115 Å². The summed E-state index contributed by atoms with van der Waals surface area (Å²) in [7, 11) is 0. The van der Waals surface area contributed by atoms with Crippen LogP contribution >= 0.6 is 0 Å². The highest BCUT2D eigenvalue weighted by molar-refractivity contribution is 5.69. The van der Waals surface area contributed by atoms with Gasteiger partial charge in [0.2, 0.25) is 0 Å². The predicted molar refractivity (Wildman–Crippen MR) is 147 cm³/mol. The minimum Gasteiger partial charge on any atom is -0.355 e. The van der Waals surface area contributed by atoms with Crippen LogP contribution < -0.4 is 5.32 Å². The quantitative estimate of drug-likeness (QED) is 0.382. The molecule has 33 heavy (non-hydrogen) atoms. The van der Waals surface area contributed by atoms with Gasteiger partial charge in [-0.25, -0.2) is 0 Å². The minimum atomic E-state index is 0.620. The van der Waals surface area contributed by atoms with Crippen LogP contribution in [0.25, 0.3) is 0 Å². The second kappa shape index (κ2) is 11.6. The summed E-state index contributed by atoms with van der Waals surface area (Å²) >= 11 is 0. The number of benzene rings is 2. The molecule has 3 rings (SSSR count). The van der Waals surface area contributed by atoms with E-state index in [1.165, 1.54) is 59.3 Å². The molecule has 0 bridgehead atoms. The van der Waals surface area contributed by atoms with E-state index in [1.807, 2.05) is 0 Å². The lowest BCUT2D eigenvalue weighted by atomic mass is 9.85. The van der Waals surface area contributed by atoms with Crippen LogP contribution in [0.2, 0.25) is 0 Å². The number of rotatable bonds is 10. The van der Waals surface area contributed by atoms with E-state index in [-0.39, 0.29) is 0 Å². The van der Waals surface area contributed by atoms with Crippen LogP contribution in [0.3, 0.4) is 0 Å². The van der Waals surface area contributed by atoms with Crippen molar-refractivity contribution in [2.45, 2.75) is 106 Å². The fourth-order valence-corrected chi connectivity index (χ4v) is 6.19. The SMILES string of the molecule is CC(C)CC(C)CC(C)c1ccc2c(c1)CCc1cc(C(C)CC(C)CC(C)C)ccc1N2. The number of fused-ring (bicyclic) bond motifs is 2. The Morgan fingerprint density at radius 2 is 0.970 bits per heavy atom. The van der Waals surface area contributed by atoms with Crippen LogP contribution in [-0.4, -0.2) is 0 Å². The number of hydrogen-bond acceptors (Lipinski definition) is 1. The first-order valence-corrected chi connectivity index (χ1v) is 13.6. The van der Waals surface area contributed by atoms with E-state index >= 15 is 0 Å². The van der Waals surface area contributed by atoms with E-state index in [1.54, 1.807) is 0 Å². The molecular formula is C32H49N. The van der Waals surface area contributed by atoms with Gasteiger partial charge in [0.25, 0.3) is 0 Å². The van der Waals surface area contributed by atoms with Gasteiger partial charge in [-0.05, 0) is 108 Å². The van der Waals surface area contributed by atoms with Crippen molar-refractivity contribution >= 4 is 11.4 Å². The van der Waals surface area contributed by atoms with Crippen molar-refractivity contribution in [3.8, 4) is 0 Å². The van der Waals surface area contributed by atoms with E-state index in [4.69, 9.17) is 0 Å². The maximum Gasteiger partial charge on any atom is 0.0417 e. The lowest BCUT2D eigenvalue weighted by molar-refractivity contribution is 0.392. The zero-order valence-electron chi connectivity index (χ0n) is 22.7. The topological polar surface area (TPSA) is 12.0 Å². The van der Waals surface area contributed by atoms with E-state index in [9.17, 15) is 0 Å². The van der Waals surface area contributed by atoms with E-state index in [2.05, 4.69) is 97.1 Å². The van der Waals surface area contributed by atoms with E-state index in [0.717, 1.165) is 36.5 Å². The van der Waals surface area contributed by atoms with Gasteiger partial charge in [0.1, 0.15) is 0 Å². The smallest absolute Gasteiger partial charge is 0.0417 e. The molecule has 182 valence electrons.